The van der Waals surface area contributed by atoms with E-state index < -0.39 is 17.3 Å². The fourth-order valence-corrected chi connectivity index (χ4v) is 3.33. The predicted octanol–water partition coefficient (Wildman–Crippen LogP) is 3.74. The van der Waals surface area contributed by atoms with Gasteiger partial charge in [-0.15, -0.1) is 0 Å². The number of rotatable bonds is 5. The average molecular weight is 358 g/mol. The molecule has 2 rings (SSSR count). The average Bonchev–Trinajstić information content (AvgIpc) is 2.55. The molecule has 0 heterocycles. The Morgan fingerprint density at radius 2 is 2.04 bits per heavy atom. The first-order valence-electron chi connectivity index (χ1n) is 8.69. The molecule has 6 heteroatoms. The number of carbonyl (C=O) groups is 2. The summed E-state index contributed by atoms with van der Waals surface area (Å²) in [7, 11) is 1.27. The van der Waals surface area contributed by atoms with Gasteiger partial charge in [-0.2, -0.15) is 0 Å². The number of hydrogen-bond donors (Lipinski definition) is 2. The molecule has 1 aliphatic carbocycles. The zero-order chi connectivity index (χ0) is 19.5. The summed E-state index contributed by atoms with van der Waals surface area (Å²) in [4.78, 5) is 29.6. The highest BCUT2D eigenvalue weighted by molar-refractivity contribution is 6.24. The highest BCUT2D eigenvalue weighted by atomic mass is 16.5. The maximum absolute atomic E-state index is 12.8. The van der Waals surface area contributed by atoms with Gasteiger partial charge in [-0.05, 0) is 24.0 Å². The number of ether oxygens (including phenoxy) is 1. The van der Waals surface area contributed by atoms with Crippen molar-refractivity contribution in [2.24, 2.45) is 16.3 Å². The minimum absolute atomic E-state index is 0.116. The van der Waals surface area contributed by atoms with Crippen LogP contribution < -0.4 is 5.73 Å². The van der Waals surface area contributed by atoms with Crippen LogP contribution in [0.5, 0.6) is 0 Å². The van der Waals surface area contributed by atoms with E-state index in [1.54, 1.807) is 38.1 Å². The molecule has 0 saturated heterocycles. The zero-order valence-electron chi connectivity index (χ0n) is 15.7. The molecule has 0 fully saturated rings. The fraction of sp³-hybridized carbons (Fsp3) is 0.450. The Balaban J connectivity index is 2.64. The second-order valence-electron chi connectivity index (χ2n) is 7.17. The molecule has 3 N–H and O–H groups in total. The Labute approximate surface area is 153 Å². The predicted molar refractivity (Wildman–Crippen MR) is 101 cm³/mol. The molecular weight excluding hydrogens is 332 g/mol. The van der Waals surface area contributed by atoms with Crippen molar-refractivity contribution >= 4 is 28.8 Å². The molecule has 0 unspecified atom stereocenters. The summed E-state index contributed by atoms with van der Waals surface area (Å²) < 4.78 is 4.85. The van der Waals surface area contributed by atoms with Crippen LogP contribution in [0, 0.1) is 11.3 Å². The summed E-state index contributed by atoms with van der Waals surface area (Å²) in [5.41, 5.74) is 6.79. The molecule has 0 aromatic heterocycles. The van der Waals surface area contributed by atoms with Crippen LogP contribution in [0.1, 0.15) is 40.0 Å². The molecule has 26 heavy (non-hydrogen) atoms. The summed E-state index contributed by atoms with van der Waals surface area (Å²) in [5.74, 6) is -1.96. The van der Waals surface area contributed by atoms with Crippen LogP contribution >= 0.6 is 0 Å². The number of ketones is 1. The van der Waals surface area contributed by atoms with Crippen molar-refractivity contribution in [2.45, 2.75) is 40.0 Å². The number of para-hydroxylation sites is 2. The smallest absolute Gasteiger partial charge is 0.316 e. The molecule has 140 valence electrons. The number of hydrogen-bond acceptors (Lipinski definition) is 6. The zero-order valence-corrected chi connectivity index (χ0v) is 15.7. The monoisotopic (exact) mass is 358 g/mol. The van der Waals surface area contributed by atoms with E-state index in [9.17, 15) is 14.7 Å². The molecule has 0 aliphatic heterocycles. The molecular formula is C20H26N2O4. The Hall–Kier alpha value is -2.63. The first-order chi connectivity index (χ1) is 12.2. The third-order valence-electron chi connectivity index (χ3n) is 4.61. The summed E-state index contributed by atoms with van der Waals surface area (Å²) in [6, 6.07) is 7.07. The number of esters is 1. The van der Waals surface area contributed by atoms with Crippen LogP contribution in [0.4, 0.5) is 11.4 Å². The molecule has 1 aromatic rings. The number of aliphatic imine (C=N–C) groups is 1. The van der Waals surface area contributed by atoms with Gasteiger partial charge in [0.15, 0.2) is 5.78 Å². The van der Waals surface area contributed by atoms with Gasteiger partial charge in [-0.1, -0.05) is 39.3 Å². The minimum Gasteiger partial charge on any atom is -0.511 e. The van der Waals surface area contributed by atoms with Crippen LogP contribution in [0.3, 0.4) is 0 Å². The van der Waals surface area contributed by atoms with E-state index in [1.807, 2.05) is 6.92 Å². The lowest BCUT2D eigenvalue weighted by Gasteiger charge is -2.36. The SMILES string of the molecule is CCCC(=Nc1ccccc1N)C1=C(O)[C@H](C(=O)OC)C(C)(C)CC1=O. The van der Waals surface area contributed by atoms with E-state index in [4.69, 9.17) is 10.5 Å². The molecule has 0 spiro atoms. The van der Waals surface area contributed by atoms with Gasteiger partial charge in [0.2, 0.25) is 0 Å². The van der Waals surface area contributed by atoms with E-state index in [-0.39, 0.29) is 23.5 Å². The number of nitrogens with zero attached hydrogens (tertiary/aromatic N) is 1. The molecule has 0 bridgehead atoms. The Morgan fingerprint density at radius 3 is 2.62 bits per heavy atom. The lowest BCUT2D eigenvalue weighted by molar-refractivity contribution is -0.150. The van der Waals surface area contributed by atoms with Crippen molar-refractivity contribution in [3.8, 4) is 0 Å². The van der Waals surface area contributed by atoms with Crippen molar-refractivity contribution < 1.29 is 19.4 Å². The first kappa shape index (κ1) is 19.7. The van der Waals surface area contributed by atoms with E-state index in [0.717, 1.165) is 6.42 Å². The Morgan fingerprint density at radius 1 is 1.38 bits per heavy atom. The number of aliphatic hydroxyl groups excluding tert-OH is 1. The van der Waals surface area contributed by atoms with Gasteiger partial charge in [0, 0.05) is 6.42 Å². The maximum Gasteiger partial charge on any atom is 0.316 e. The standard InChI is InChI=1S/C20H26N2O4/c1-5-8-14(22-13-10-7-6-9-12(13)21)16-15(23)11-20(2,3)17(18(16)24)19(25)26-4/h6-7,9-10,17,24H,5,8,11,21H2,1-4H3/t17-/m1/s1. The van der Waals surface area contributed by atoms with Crippen molar-refractivity contribution in [1.82, 2.24) is 0 Å². The van der Waals surface area contributed by atoms with Crippen LogP contribution in [0.2, 0.25) is 0 Å². The Kier molecular flexibility index (Phi) is 5.85. The molecule has 1 atom stereocenters. The minimum atomic E-state index is -0.907. The summed E-state index contributed by atoms with van der Waals surface area (Å²) in [6.45, 7) is 5.49. The molecule has 0 radical (unpaired) electrons. The highest BCUT2D eigenvalue weighted by Gasteiger charge is 2.47. The third-order valence-corrected chi connectivity index (χ3v) is 4.61. The van der Waals surface area contributed by atoms with E-state index in [2.05, 4.69) is 4.99 Å². The van der Waals surface area contributed by atoms with Crippen molar-refractivity contribution in [1.29, 1.82) is 0 Å². The van der Waals surface area contributed by atoms with Crippen LogP contribution in [0.25, 0.3) is 0 Å². The number of carbonyl (C=O) groups excluding carboxylic acids is 2. The number of aliphatic hydroxyl groups is 1. The van der Waals surface area contributed by atoms with Crippen LogP contribution in [-0.4, -0.2) is 29.7 Å². The summed E-state index contributed by atoms with van der Waals surface area (Å²) >= 11 is 0. The molecule has 6 nitrogen and oxygen atoms in total. The van der Waals surface area contributed by atoms with E-state index in [1.165, 1.54) is 7.11 Å². The number of allylic oxidation sites excluding steroid dienone is 1. The highest BCUT2D eigenvalue weighted by Crippen LogP contribution is 2.43. The lowest BCUT2D eigenvalue weighted by atomic mass is 9.67. The first-order valence-corrected chi connectivity index (χ1v) is 8.69. The van der Waals surface area contributed by atoms with Gasteiger partial charge in [-0.3, -0.25) is 14.6 Å². The fourth-order valence-electron chi connectivity index (χ4n) is 3.33. The topological polar surface area (TPSA) is 102 Å². The Bertz CT molecular complexity index is 778. The number of methoxy groups -OCH3 is 1. The molecule has 1 aliphatic rings. The van der Waals surface area contributed by atoms with Crippen LogP contribution in [-0.2, 0) is 14.3 Å². The lowest BCUT2D eigenvalue weighted by Crippen LogP contribution is -2.41. The summed E-state index contributed by atoms with van der Waals surface area (Å²) in [6.07, 6.45) is 1.33. The van der Waals surface area contributed by atoms with Gasteiger partial charge in [0.25, 0.3) is 0 Å². The second kappa shape index (κ2) is 7.72. The van der Waals surface area contributed by atoms with Crippen molar-refractivity contribution in [3.05, 3.63) is 35.6 Å². The van der Waals surface area contributed by atoms with Gasteiger partial charge in [-0.25, -0.2) is 0 Å². The number of anilines is 1. The molecule has 1 aromatic carbocycles. The van der Waals surface area contributed by atoms with Gasteiger partial charge in [0.1, 0.15) is 11.7 Å². The van der Waals surface area contributed by atoms with E-state index in [0.29, 0.717) is 23.5 Å². The van der Waals surface area contributed by atoms with Gasteiger partial charge in [0.05, 0.1) is 29.8 Å². The number of nitrogen functional groups attached to an aromatic ring is 1. The van der Waals surface area contributed by atoms with Gasteiger partial charge >= 0.3 is 5.97 Å². The van der Waals surface area contributed by atoms with Crippen molar-refractivity contribution in [2.75, 3.05) is 12.8 Å². The summed E-state index contributed by atoms with van der Waals surface area (Å²) in [5, 5.41) is 10.8. The number of nitrogens with two attached hydrogens (primary N) is 1. The van der Waals surface area contributed by atoms with Crippen molar-refractivity contribution in [3.63, 3.8) is 0 Å². The maximum atomic E-state index is 12.8. The van der Waals surface area contributed by atoms with E-state index >= 15 is 0 Å². The normalized spacial score (nSPS) is 20.2. The van der Waals surface area contributed by atoms with Gasteiger partial charge < -0.3 is 15.6 Å². The second-order valence-corrected chi connectivity index (χ2v) is 7.17. The molecule has 0 saturated carbocycles. The third kappa shape index (κ3) is 3.79. The quantitative estimate of drug-likeness (QED) is 0.474. The largest absolute Gasteiger partial charge is 0.511 e. The number of benzene rings is 1. The van der Waals surface area contributed by atoms with Crippen LogP contribution in [0.15, 0.2) is 40.6 Å². The number of Topliss-reactive ketones (excluding diaryl/α,β-unsaturated/α-hetero) is 1. The molecule has 0 amide bonds.